The lowest BCUT2D eigenvalue weighted by Gasteiger charge is -2.11. The van der Waals surface area contributed by atoms with Crippen LogP contribution in [0.2, 0.25) is 0 Å². The summed E-state index contributed by atoms with van der Waals surface area (Å²) in [5, 5.41) is 7.05. The van der Waals surface area contributed by atoms with Crippen molar-refractivity contribution in [2.24, 2.45) is 5.92 Å². The van der Waals surface area contributed by atoms with Crippen LogP contribution in [0.5, 0.6) is 0 Å². The van der Waals surface area contributed by atoms with Crippen molar-refractivity contribution in [3.8, 4) is 0 Å². The van der Waals surface area contributed by atoms with Gasteiger partial charge in [-0.2, -0.15) is 0 Å². The first-order valence-electron chi connectivity index (χ1n) is 5.17. The molecule has 0 atom stereocenters. The Hall–Kier alpha value is -0.350. The van der Waals surface area contributed by atoms with Crippen molar-refractivity contribution in [1.29, 1.82) is 0 Å². The average Bonchev–Trinajstić information content (AvgIpc) is 2.12. The highest BCUT2D eigenvalue weighted by molar-refractivity contribution is 7.80. The number of hydrogen-bond acceptors (Lipinski definition) is 2. The molecule has 0 bridgehead atoms. The van der Waals surface area contributed by atoms with Crippen molar-refractivity contribution in [3.05, 3.63) is 0 Å². The summed E-state index contributed by atoms with van der Waals surface area (Å²) in [6, 6.07) is 0. The lowest BCUT2D eigenvalue weighted by Crippen LogP contribution is -2.36. The van der Waals surface area contributed by atoms with Gasteiger partial charge in [0.05, 0.1) is 0 Å². The van der Waals surface area contributed by atoms with Gasteiger partial charge in [-0.3, -0.25) is 0 Å². The minimum atomic E-state index is 0.721. The van der Waals surface area contributed by atoms with Gasteiger partial charge in [0.2, 0.25) is 0 Å². The van der Waals surface area contributed by atoms with Crippen molar-refractivity contribution in [2.75, 3.05) is 26.8 Å². The maximum absolute atomic E-state index is 5.09. The molecule has 84 valence electrons. The molecule has 0 fully saturated rings. The first-order chi connectivity index (χ1) is 6.66. The molecule has 14 heavy (non-hydrogen) atoms. The van der Waals surface area contributed by atoms with Crippen LogP contribution in [-0.2, 0) is 4.74 Å². The minimum Gasteiger partial charge on any atom is -0.385 e. The van der Waals surface area contributed by atoms with Gasteiger partial charge >= 0.3 is 0 Å². The molecule has 4 heteroatoms. The SMILES string of the molecule is COCCCNC(=S)NCCC(C)C. The first-order valence-corrected chi connectivity index (χ1v) is 5.58. The molecule has 0 heterocycles. The highest BCUT2D eigenvalue weighted by Crippen LogP contribution is 1.95. The number of ether oxygens (including phenoxy) is 1. The Balaban J connectivity index is 3.20. The molecule has 0 aromatic rings. The standard InChI is InChI=1S/C10H22N2OS/c1-9(2)5-7-12-10(14)11-6-4-8-13-3/h9H,4-8H2,1-3H3,(H2,11,12,14). The summed E-state index contributed by atoms with van der Waals surface area (Å²) in [5.41, 5.74) is 0. The quantitative estimate of drug-likeness (QED) is 0.501. The van der Waals surface area contributed by atoms with E-state index in [1.54, 1.807) is 7.11 Å². The zero-order valence-electron chi connectivity index (χ0n) is 9.43. The van der Waals surface area contributed by atoms with Gasteiger partial charge in [-0.1, -0.05) is 13.8 Å². The van der Waals surface area contributed by atoms with Gasteiger partial charge in [-0.15, -0.1) is 0 Å². The Morgan fingerprint density at radius 3 is 2.50 bits per heavy atom. The van der Waals surface area contributed by atoms with E-state index >= 15 is 0 Å². The summed E-state index contributed by atoms with van der Waals surface area (Å²) in [6.45, 7) is 7.02. The second kappa shape index (κ2) is 9.21. The Kier molecular flexibility index (Phi) is 8.98. The van der Waals surface area contributed by atoms with E-state index in [9.17, 15) is 0 Å². The summed E-state index contributed by atoms with van der Waals surface area (Å²) < 4.78 is 4.93. The van der Waals surface area contributed by atoms with Gasteiger partial charge in [-0.25, -0.2) is 0 Å². The van der Waals surface area contributed by atoms with E-state index in [0.717, 1.165) is 43.6 Å². The van der Waals surface area contributed by atoms with Crippen LogP contribution in [0.1, 0.15) is 26.7 Å². The highest BCUT2D eigenvalue weighted by Gasteiger charge is 1.96. The van der Waals surface area contributed by atoms with E-state index in [1.165, 1.54) is 0 Å². The van der Waals surface area contributed by atoms with E-state index in [0.29, 0.717) is 0 Å². The van der Waals surface area contributed by atoms with Crippen LogP contribution < -0.4 is 10.6 Å². The Bertz CT molecular complexity index is 151. The maximum Gasteiger partial charge on any atom is 0.166 e. The fourth-order valence-electron chi connectivity index (χ4n) is 0.955. The van der Waals surface area contributed by atoms with Crippen LogP contribution in [0.15, 0.2) is 0 Å². The van der Waals surface area contributed by atoms with Crippen LogP contribution in [-0.4, -0.2) is 31.9 Å². The molecule has 0 aliphatic heterocycles. The average molecular weight is 218 g/mol. The predicted molar refractivity (Wildman–Crippen MR) is 64.6 cm³/mol. The number of hydrogen-bond donors (Lipinski definition) is 2. The van der Waals surface area contributed by atoms with E-state index in [2.05, 4.69) is 24.5 Å². The van der Waals surface area contributed by atoms with Crippen LogP contribution >= 0.6 is 12.2 Å². The topological polar surface area (TPSA) is 33.3 Å². The van der Waals surface area contributed by atoms with Crippen LogP contribution in [0, 0.1) is 5.92 Å². The van der Waals surface area contributed by atoms with Crippen LogP contribution in [0.4, 0.5) is 0 Å². The molecule has 0 aliphatic carbocycles. The molecule has 2 N–H and O–H groups in total. The maximum atomic E-state index is 5.09. The van der Waals surface area contributed by atoms with E-state index in [1.807, 2.05) is 0 Å². The second-order valence-corrected chi connectivity index (χ2v) is 4.12. The number of methoxy groups -OCH3 is 1. The fourth-order valence-corrected chi connectivity index (χ4v) is 1.16. The lowest BCUT2D eigenvalue weighted by atomic mass is 10.1. The van der Waals surface area contributed by atoms with Crippen molar-refractivity contribution in [3.63, 3.8) is 0 Å². The van der Waals surface area contributed by atoms with Gasteiger partial charge < -0.3 is 15.4 Å². The Labute approximate surface area is 92.6 Å². The molecule has 0 saturated carbocycles. The van der Waals surface area contributed by atoms with E-state index < -0.39 is 0 Å². The number of nitrogens with one attached hydrogen (secondary N) is 2. The van der Waals surface area contributed by atoms with Gasteiger partial charge in [0.1, 0.15) is 0 Å². The first kappa shape index (κ1) is 13.7. The van der Waals surface area contributed by atoms with Crippen molar-refractivity contribution in [1.82, 2.24) is 10.6 Å². The zero-order valence-corrected chi connectivity index (χ0v) is 10.2. The predicted octanol–water partition coefficient (Wildman–Crippen LogP) is 1.53. The summed E-state index contributed by atoms with van der Waals surface area (Å²) >= 11 is 5.09. The monoisotopic (exact) mass is 218 g/mol. The van der Waals surface area contributed by atoms with Gasteiger partial charge in [0.25, 0.3) is 0 Å². The molecule has 3 nitrogen and oxygen atoms in total. The molecule has 0 aliphatic rings. The molecular formula is C10H22N2OS. The summed E-state index contributed by atoms with van der Waals surface area (Å²) in [7, 11) is 1.71. The highest BCUT2D eigenvalue weighted by atomic mass is 32.1. The van der Waals surface area contributed by atoms with E-state index in [4.69, 9.17) is 17.0 Å². The molecule has 0 amide bonds. The third-order valence-electron chi connectivity index (χ3n) is 1.82. The summed E-state index contributed by atoms with van der Waals surface area (Å²) in [6.07, 6.45) is 2.14. The lowest BCUT2D eigenvalue weighted by molar-refractivity contribution is 0.195. The smallest absolute Gasteiger partial charge is 0.166 e. The number of thiocarbonyl (C=S) groups is 1. The van der Waals surface area contributed by atoms with Gasteiger partial charge in [0, 0.05) is 26.8 Å². The van der Waals surface area contributed by atoms with Gasteiger partial charge in [0.15, 0.2) is 5.11 Å². The van der Waals surface area contributed by atoms with Crippen molar-refractivity contribution in [2.45, 2.75) is 26.7 Å². The molecule has 0 radical (unpaired) electrons. The normalized spacial score (nSPS) is 10.3. The molecule has 0 aromatic heterocycles. The molecule has 0 unspecified atom stereocenters. The molecule has 0 rings (SSSR count). The van der Waals surface area contributed by atoms with Crippen molar-refractivity contribution < 1.29 is 4.74 Å². The molecule has 0 spiro atoms. The van der Waals surface area contributed by atoms with Crippen LogP contribution in [0.25, 0.3) is 0 Å². The fraction of sp³-hybridized carbons (Fsp3) is 0.900. The minimum absolute atomic E-state index is 0.721. The summed E-state index contributed by atoms with van der Waals surface area (Å²) in [4.78, 5) is 0. The van der Waals surface area contributed by atoms with E-state index in [-0.39, 0.29) is 0 Å². The summed E-state index contributed by atoms with van der Waals surface area (Å²) in [5.74, 6) is 0.721. The third kappa shape index (κ3) is 9.74. The second-order valence-electron chi connectivity index (χ2n) is 3.71. The van der Waals surface area contributed by atoms with Crippen molar-refractivity contribution >= 4 is 17.3 Å². The Morgan fingerprint density at radius 1 is 1.29 bits per heavy atom. The zero-order chi connectivity index (χ0) is 10.8. The molecular weight excluding hydrogens is 196 g/mol. The number of rotatable bonds is 7. The molecule has 0 aromatic carbocycles. The Morgan fingerprint density at radius 2 is 1.93 bits per heavy atom. The van der Waals surface area contributed by atoms with Crippen LogP contribution in [0.3, 0.4) is 0 Å². The largest absolute Gasteiger partial charge is 0.385 e. The van der Waals surface area contributed by atoms with Gasteiger partial charge in [-0.05, 0) is 31.0 Å². The molecule has 0 saturated heterocycles. The third-order valence-corrected chi connectivity index (χ3v) is 2.11.